The predicted molar refractivity (Wildman–Crippen MR) is 83.2 cm³/mol. The molecule has 25 heavy (non-hydrogen) atoms. The molecule has 0 spiro atoms. The number of aromatic nitrogens is 3. The fraction of sp³-hybridized carbons (Fsp3) is 0.643. The van der Waals surface area contributed by atoms with Crippen LogP contribution in [0, 0.1) is 17.3 Å². The monoisotopic (exact) mass is 359 g/mol. The van der Waals surface area contributed by atoms with Crippen molar-refractivity contribution >= 4 is 17.9 Å². The molecule has 0 saturated carbocycles. The Bertz CT molecular complexity index is 766. The van der Waals surface area contributed by atoms with Crippen molar-refractivity contribution in [2.75, 3.05) is 0 Å². The first kappa shape index (κ1) is 20.2. The first-order valence-corrected chi connectivity index (χ1v) is 7.40. The second-order valence-corrected chi connectivity index (χ2v) is 6.30. The smallest absolute Gasteiger partial charge is 0.346 e. The number of aliphatic carboxylic acids is 3. The van der Waals surface area contributed by atoms with Crippen LogP contribution >= 0.6 is 0 Å². The van der Waals surface area contributed by atoms with Gasteiger partial charge in [0.25, 0.3) is 0 Å². The summed E-state index contributed by atoms with van der Waals surface area (Å²) >= 11 is 0. The predicted octanol–water partition coefficient (Wildman–Crippen LogP) is -1.21. The van der Waals surface area contributed by atoms with Crippen molar-refractivity contribution in [3.8, 4) is 0 Å². The summed E-state index contributed by atoms with van der Waals surface area (Å²) < 4.78 is 2.17. The van der Waals surface area contributed by atoms with Gasteiger partial charge in [-0.3, -0.25) is 14.4 Å². The second kappa shape index (κ2) is 6.95. The molecule has 0 aromatic carbocycles. The van der Waals surface area contributed by atoms with Crippen LogP contribution in [0.25, 0.3) is 0 Å². The molecule has 0 aliphatic rings. The standard InChI is InChI=1S/C14H21N3O8/c1-7(2)5-8(9(18)19)14(10(20)21,11(22)23)6-17-12(24)15(3)16(4)13(17)25/h7-8H,5-6H2,1-4H3,(H,18,19)(H,20,21)(H,22,23). The quantitative estimate of drug-likeness (QED) is 0.487. The van der Waals surface area contributed by atoms with Crippen molar-refractivity contribution in [1.29, 1.82) is 0 Å². The van der Waals surface area contributed by atoms with Gasteiger partial charge in [0, 0.05) is 14.1 Å². The summed E-state index contributed by atoms with van der Waals surface area (Å²) in [5, 5.41) is 28.6. The Labute approximate surface area is 141 Å². The lowest BCUT2D eigenvalue weighted by atomic mass is 9.71. The number of hydrogen-bond acceptors (Lipinski definition) is 5. The van der Waals surface area contributed by atoms with Gasteiger partial charge in [-0.25, -0.2) is 23.5 Å². The van der Waals surface area contributed by atoms with Crippen LogP contribution in [0.2, 0.25) is 0 Å². The largest absolute Gasteiger partial charge is 0.481 e. The SMILES string of the molecule is CC(C)CC(C(=O)O)C(Cn1c(=O)n(C)n(C)c1=O)(C(=O)O)C(=O)O. The third-order valence-corrected chi connectivity index (χ3v) is 4.24. The van der Waals surface area contributed by atoms with Crippen molar-refractivity contribution in [3.05, 3.63) is 21.0 Å². The Balaban J connectivity index is 3.70. The Morgan fingerprint density at radius 3 is 1.64 bits per heavy atom. The number of hydrogen-bond donors (Lipinski definition) is 3. The zero-order valence-electron chi connectivity index (χ0n) is 14.3. The summed E-state index contributed by atoms with van der Waals surface area (Å²) in [5.74, 6) is -7.63. The zero-order valence-corrected chi connectivity index (χ0v) is 14.3. The molecular weight excluding hydrogens is 338 g/mol. The van der Waals surface area contributed by atoms with E-state index >= 15 is 0 Å². The van der Waals surface area contributed by atoms with Crippen LogP contribution in [-0.4, -0.2) is 47.2 Å². The molecule has 0 bridgehead atoms. The number of nitrogens with zero attached hydrogens (tertiary/aromatic N) is 3. The first-order chi connectivity index (χ1) is 11.4. The van der Waals surface area contributed by atoms with E-state index in [0.29, 0.717) is 4.57 Å². The molecule has 1 aromatic heterocycles. The molecule has 11 heteroatoms. The number of carbonyl (C=O) groups is 3. The van der Waals surface area contributed by atoms with E-state index in [9.17, 15) is 39.3 Å². The van der Waals surface area contributed by atoms with Gasteiger partial charge >= 0.3 is 29.3 Å². The third kappa shape index (κ3) is 3.35. The molecule has 0 aliphatic carbocycles. The Morgan fingerprint density at radius 1 is 0.960 bits per heavy atom. The van der Waals surface area contributed by atoms with Gasteiger partial charge in [-0.2, -0.15) is 0 Å². The lowest BCUT2D eigenvalue weighted by molar-refractivity contribution is -0.178. The van der Waals surface area contributed by atoms with Gasteiger partial charge in [0.1, 0.15) is 0 Å². The molecule has 0 amide bonds. The van der Waals surface area contributed by atoms with Crippen molar-refractivity contribution in [3.63, 3.8) is 0 Å². The van der Waals surface area contributed by atoms with E-state index in [1.165, 1.54) is 14.1 Å². The van der Waals surface area contributed by atoms with Crippen LogP contribution in [0.4, 0.5) is 0 Å². The summed E-state index contributed by atoms with van der Waals surface area (Å²) in [6.07, 6.45) is -0.254. The fourth-order valence-corrected chi connectivity index (χ4v) is 2.69. The molecule has 1 rings (SSSR count). The van der Waals surface area contributed by atoms with Gasteiger partial charge in [0.05, 0.1) is 12.5 Å². The minimum atomic E-state index is -2.87. The molecule has 0 radical (unpaired) electrons. The van der Waals surface area contributed by atoms with E-state index in [0.717, 1.165) is 9.36 Å². The van der Waals surface area contributed by atoms with Crippen molar-refractivity contribution in [2.24, 2.45) is 31.3 Å². The molecular formula is C14H21N3O8. The lowest BCUT2D eigenvalue weighted by Crippen LogP contribution is -2.54. The van der Waals surface area contributed by atoms with Gasteiger partial charge in [-0.15, -0.1) is 0 Å². The normalized spacial score (nSPS) is 13.0. The molecule has 3 N–H and O–H groups in total. The highest BCUT2D eigenvalue weighted by molar-refractivity contribution is 6.02. The van der Waals surface area contributed by atoms with Crippen LogP contribution in [0.15, 0.2) is 9.59 Å². The maximum absolute atomic E-state index is 12.1. The highest BCUT2D eigenvalue weighted by Gasteiger charge is 2.57. The summed E-state index contributed by atoms with van der Waals surface area (Å²) in [5.41, 5.74) is -4.74. The molecule has 11 nitrogen and oxygen atoms in total. The third-order valence-electron chi connectivity index (χ3n) is 4.24. The molecule has 1 atom stereocenters. The van der Waals surface area contributed by atoms with Crippen LogP contribution in [0.1, 0.15) is 20.3 Å². The van der Waals surface area contributed by atoms with E-state index in [-0.39, 0.29) is 12.3 Å². The number of carboxylic acids is 3. The number of rotatable bonds is 8. The molecule has 0 aliphatic heterocycles. The van der Waals surface area contributed by atoms with Gasteiger partial charge < -0.3 is 15.3 Å². The summed E-state index contributed by atoms with van der Waals surface area (Å²) in [7, 11) is 2.48. The molecule has 1 aromatic rings. The van der Waals surface area contributed by atoms with Crippen LogP contribution < -0.4 is 11.4 Å². The highest BCUT2D eigenvalue weighted by atomic mass is 16.4. The fourth-order valence-electron chi connectivity index (χ4n) is 2.69. The molecule has 1 unspecified atom stereocenters. The van der Waals surface area contributed by atoms with Crippen LogP contribution in [-0.2, 0) is 35.0 Å². The second-order valence-electron chi connectivity index (χ2n) is 6.30. The average Bonchev–Trinajstić information content (AvgIpc) is 2.66. The minimum absolute atomic E-state index is 0.254. The maximum Gasteiger partial charge on any atom is 0.346 e. The first-order valence-electron chi connectivity index (χ1n) is 7.40. The topological polar surface area (TPSA) is 161 Å². The molecule has 0 saturated heterocycles. The van der Waals surface area contributed by atoms with Crippen LogP contribution in [0.3, 0.4) is 0 Å². The van der Waals surface area contributed by atoms with Crippen molar-refractivity contribution < 1.29 is 29.7 Å². The molecule has 0 fully saturated rings. The molecule has 140 valence electrons. The zero-order chi connectivity index (χ0) is 19.7. The van der Waals surface area contributed by atoms with Crippen molar-refractivity contribution in [2.45, 2.75) is 26.8 Å². The Hall–Kier alpha value is -2.85. The van der Waals surface area contributed by atoms with E-state index in [1.54, 1.807) is 13.8 Å². The van der Waals surface area contributed by atoms with E-state index in [2.05, 4.69) is 0 Å². The van der Waals surface area contributed by atoms with Gasteiger partial charge in [-0.1, -0.05) is 13.8 Å². The highest BCUT2D eigenvalue weighted by Crippen LogP contribution is 2.35. The van der Waals surface area contributed by atoms with Gasteiger partial charge in [-0.05, 0) is 12.3 Å². The Kier molecular flexibility index (Phi) is 5.61. The van der Waals surface area contributed by atoms with E-state index in [1.807, 2.05) is 0 Å². The lowest BCUT2D eigenvalue weighted by Gasteiger charge is -2.31. The summed E-state index contributed by atoms with van der Waals surface area (Å²) in [6.45, 7) is 2.13. The minimum Gasteiger partial charge on any atom is -0.481 e. The van der Waals surface area contributed by atoms with Crippen molar-refractivity contribution in [1.82, 2.24) is 13.9 Å². The van der Waals surface area contributed by atoms with Gasteiger partial charge in [0.15, 0.2) is 5.41 Å². The maximum atomic E-state index is 12.1. The number of carboxylic acid groups (broad SMARTS) is 3. The van der Waals surface area contributed by atoms with Crippen LogP contribution in [0.5, 0.6) is 0 Å². The van der Waals surface area contributed by atoms with Gasteiger partial charge in [0.2, 0.25) is 0 Å². The Morgan fingerprint density at radius 2 is 1.36 bits per heavy atom. The summed E-state index contributed by atoms with van der Waals surface area (Å²) in [4.78, 5) is 59.5. The van der Waals surface area contributed by atoms with E-state index in [4.69, 9.17) is 0 Å². The summed E-state index contributed by atoms with van der Waals surface area (Å²) in [6, 6.07) is 0. The molecule has 1 heterocycles. The average molecular weight is 359 g/mol. The van der Waals surface area contributed by atoms with E-state index < -0.39 is 47.2 Å².